The monoisotopic (exact) mass is 449 g/mol. The summed E-state index contributed by atoms with van der Waals surface area (Å²) in [6, 6.07) is 12.4. The van der Waals surface area contributed by atoms with Gasteiger partial charge < -0.3 is 20.6 Å². The van der Waals surface area contributed by atoms with Crippen LogP contribution in [0, 0.1) is 5.92 Å². The van der Waals surface area contributed by atoms with Crippen molar-refractivity contribution in [1.29, 1.82) is 0 Å². The Morgan fingerprint density at radius 3 is 2.30 bits per heavy atom. The molecule has 2 aromatic rings. The molecule has 1 heterocycles. The first kappa shape index (κ1) is 22.8. The number of hydrogen-bond acceptors (Lipinski definition) is 3. The van der Waals surface area contributed by atoms with Crippen LogP contribution in [-0.4, -0.2) is 40.0 Å². The van der Waals surface area contributed by atoms with Crippen LogP contribution in [0.25, 0.3) is 11.1 Å². The van der Waals surface area contributed by atoms with Gasteiger partial charge in [-0.2, -0.15) is 0 Å². The van der Waals surface area contributed by atoms with Crippen LogP contribution in [-0.2, 0) is 11.3 Å². The van der Waals surface area contributed by atoms with Gasteiger partial charge in [-0.15, -0.1) is 0 Å². The molecule has 0 radical (unpaired) electrons. The van der Waals surface area contributed by atoms with E-state index in [2.05, 4.69) is 10.6 Å². The minimum atomic E-state index is -0.984. The maximum atomic E-state index is 13.0. The lowest BCUT2D eigenvalue weighted by Gasteiger charge is -2.27. The van der Waals surface area contributed by atoms with Gasteiger partial charge in [-0.1, -0.05) is 57.4 Å². The normalized spacial score (nSPS) is 17.1. The summed E-state index contributed by atoms with van der Waals surface area (Å²) in [5.74, 6) is -1.41. The fourth-order valence-corrected chi connectivity index (χ4v) is 4.85. The van der Waals surface area contributed by atoms with Crippen molar-refractivity contribution in [3.8, 4) is 11.1 Å². The lowest BCUT2D eigenvalue weighted by molar-refractivity contribution is -0.144. The number of aliphatic carboxylic acids is 1. The van der Waals surface area contributed by atoms with Crippen molar-refractivity contribution in [2.75, 3.05) is 5.32 Å². The number of benzene rings is 2. The van der Waals surface area contributed by atoms with Gasteiger partial charge in [-0.25, -0.2) is 9.59 Å². The summed E-state index contributed by atoms with van der Waals surface area (Å²) in [5.41, 5.74) is 3.89. The van der Waals surface area contributed by atoms with E-state index in [-0.39, 0.29) is 23.9 Å². The molecule has 174 valence electrons. The third kappa shape index (κ3) is 5.02. The number of hydrogen-bond donors (Lipinski definition) is 3. The van der Waals surface area contributed by atoms with Crippen molar-refractivity contribution in [3.05, 3.63) is 53.6 Å². The average molecular weight is 450 g/mol. The van der Waals surface area contributed by atoms with Crippen LogP contribution in [0.1, 0.15) is 61.9 Å². The van der Waals surface area contributed by atoms with E-state index in [9.17, 15) is 19.5 Å². The first-order chi connectivity index (χ1) is 15.8. The van der Waals surface area contributed by atoms with Gasteiger partial charge in [0.25, 0.3) is 5.91 Å². The number of nitrogens with zero attached hydrogens (tertiary/aromatic N) is 1. The smallest absolute Gasteiger partial charge is 0.326 e. The van der Waals surface area contributed by atoms with Crippen LogP contribution in [0.5, 0.6) is 0 Å². The SMILES string of the molecule is CC(C)C(C(=O)O)N1Cc2ccc(-c3ccc(NC(=O)NC4CCCCC4)cc3)cc2C1=O. The van der Waals surface area contributed by atoms with Gasteiger partial charge in [-0.3, -0.25) is 4.79 Å². The van der Waals surface area contributed by atoms with Crippen LogP contribution in [0.3, 0.4) is 0 Å². The molecule has 1 unspecified atom stereocenters. The molecule has 3 amide bonds. The van der Waals surface area contributed by atoms with Crippen molar-refractivity contribution < 1.29 is 19.5 Å². The molecule has 1 aliphatic heterocycles. The highest BCUT2D eigenvalue weighted by atomic mass is 16.4. The second kappa shape index (κ2) is 9.65. The van der Waals surface area contributed by atoms with Gasteiger partial charge in [0.15, 0.2) is 0 Å². The predicted octanol–water partition coefficient (Wildman–Crippen LogP) is 4.87. The van der Waals surface area contributed by atoms with E-state index in [4.69, 9.17) is 0 Å². The molecule has 2 aromatic carbocycles. The molecule has 1 aliphatic carbocycles. The number of fused-ring (bicyclic) bond motifs is 1. The number of carboxylic acids is 1. The van der Waals surface area contributed by atoms with Gasteiger partial charge in [0.1, 0.15) is 6.04 Å². The number of nitrogens with one attached hydrogen (secondary N) is 2. The average Bonchev–Trinajstić information content (AvgIpc) is 3.10. The van der Waals surface area contributed by atoms with E-state index >= 15 is 0 Å². The molecule has 33 heavy (non-hydrogen) atoms. The van der Waals surface area contributed by atoms with Crippen molar-refractivity contribution >= 4 is 23.6 Å². The second-order valence-corrected chi connectivity index (χ2v) is 9.34. The zero-order valence-electron chi connectivity index (χ0n) is 19.1. The first-order valence-electron chi connectivity index (χ1n) is 11.7. The molecule has 1 atom stereocenters. The number of amides is 3. The molecule has 7 nitrogen and oxygen atoms in total. The van der Waals surface area contributed by atoms with E-state index in [1.165, 1.54) is 11.3 Å². The number of carboxylic acid groups (broad SMARTS) is 1. The molecular formula is C26H31N3O4. The summed E-state index contributed by atoms with van der Waals surface area (Å²) in [6.07, 6.45) is 5.63. The van der Waals surface area contributed by atoms with Crippen LogP contribution in [0.2, 0.25) is 0 Å². The molecule has 1 fully saturated rings. The molecule has 0 aromatic heterocycles. The molecule has 2 aliphatic rings. The maximum absolute atomic E-state index is 13.0. The summed E-state index contributed by atoms with van der Waals surface area (Å²) in [6.45, 7) is 3.93. The van der Waals surface area contributed by atoms with Gasteiger partial charge in [0.05, 0.1) is 0 Å². The fourth-order valence-electron chi connectivity index (χ4n) is 4.85. The van der Waals surface area contributed by atoms with E-state index in [0.717, 1.165) is 42.4 Å². The van der Waals surface area contributed by atoms with E-state index in [1.54, 1.807) is 0 Å². The van der Waals surface area contributed by atoms with E-state index in [0.29, 0.717) is 17.8 Å². The summed E-state index contributed by atoms with van der Waals surface area (Å²) in [4.78, 5) is 38.4. The van der Waals surface area contributed by atoms with Crippen LogP contribution in [0.4, 0.5) is 10.5 Å². The zero-order chi connectivity index (χ0) is 23.5. The molecule has 1 saturated carbocycles. The van der Waals surface area contributed by atoms with Gasteiger partial charge >= 0.3 is 12.0 Å². The number of carbonyl (C=O) groups is 3. The zero-order valence-corrected chi connectivity index (χ0v) is 19.1. The predicted molar refractivity (Wildman–Crippen MR) is 127 cm³/mol. The second-order valence-electron chi connectivity index (χ2n) is 9.34. The molecule has 7 heteroatoms. The Labute approximate surface area is 194 Å². The molecule has 0 bridgehead atoms. The van der Waals surface area contributed by atoms with Crippen molar-refractivity contribution in [2.24, 2.45) is 5.92 Å². The number of urea groups is 1. The highest BCUT2D eigenvalue weighted by Gasteiger charge is 2.38. The molecular weight excluding hydrogens is 418 g/mol. The number of carbonyl (C=O) groups excluding carboxylic acids is 2. The standard InChI is InChI=1S/C26H31N3O4/c1-16(2)23(25(31)32)29-15-19-9-8-18(14-22(19)24(29)30)17-10-12-21(13-11-17)28-26(33)27-20-6-4-3-5-7-20/h8-14,16,20,23H,3-7,15H2,1-2H3,(H,31,32)(H2,27,28,33). The fraction of sp³-hybridized carbons (Fsp3) is 0.423. The largest absolute Gasteiger partial charge is 0.480 e. The van der Waals surface area contributed by atoms with Gasteiger partial charge in [0.2, 0.25) is 0 Å². The number of rotatable bonds is 6. The van der Waals surface area contributed by atoms with Crippen LogP contribution in [0.15, 0.2) is 42.5 Å². The molecule has 0 spiro atoms. The van der Waals surface area contributed by atoms with Crippen LogP contribution >= 0.6 is 0 Å². The number of anilines is 1. The Balaban J connectivity index is 1.44. The first-order valence-corrected chi connectivity index (χ1v) is 11.7. The minimum absolute atomic E-state index is 0.184. The Morgan fingerprint density at radius 1 is 1.00 bits per heavy atom. The summed E-state index contributed by atoms with van der Waals surface area (Å²) >= 11 is 0. The summed E-state index contributed by atoms with van der Waals surface area (Å²) < 4.78 is 0. The van der Waals surface area contributed by atoms with Crippen molar-refractivity contribution in [3.63, 3.8) is 0 Å². The lowest BCUT2D eigenvalue weighted by atomic mass is 9.96. The van der Waals surface area contributed by atoms with Crippen LogP contribution < -0.4 is 10.6 Å². The highest BCUT2D eigenvalue weighted by molar-refractivity contribution is 6.01. The molecule has 4 rings (SSSR count). The molecule has 3 N–H and O–H groups in total. The summed E-state index contributed by atoms with van der Waals surface area (Å²) in [7, 11) is 0. The topological polar surface area (TPSA) is 98.7 Å². The Bertz CT molecular complexity index is 1040. The van der Waals surface area contributed by atoms with E-state index in [1.807, 2.05) is 56.3 Å². The minimum Gasteiger partial charge on any atom is -0.480 e. The molecule has 0 saturated heterocycles. The Hall–Kier alpha value is -3.35. The van der Waals surface area contributed by atoms with Gasteiger partial charge in [-0.05, 0) is 53.6 Å². The Morgan fingerprint density at radius 2 is 1.67 bits per heavy atom. The highest BCUT2D eigenvalue weighted by Crippen LogP contribution is 2.31. The quantitative estimate of drug-likeness (QED) is 0.586. The van der Waals surface area contributed by atoms with Crippen molar-refractivity contribution in [1.82, 2.24) is 10.2 Å². The van der Waals surface area contributed by atoms with E-state index < -0.39 is 12.0 Å². The van der Waals surface area contributed by atoms with Crippen molar-refractivity contribution in [2.45, 2.75) is 64.6 Å². The third-order valence-corrected chi connectivity index (χ3v) is 6.58. The van der Waals surface area contributed by atoms with Gasteiger partial charge in [0, 0.05) is 23.8 Å². The Kier molecular flexibility index (Phi) is 6.67. The third-order valence-electron chi connectivity index (χ3n) is 6.58. The maximum Gasteiger partial charge on any atom is 0.326 e. The summed E-state index contributed by atoms with van der Waals surface area (Å²) in [5, 5.41) is 15.5. The lowest BCUT2D eigenvalue weighted by Crippen LogP contribution is -2.44.